The topological polar surface area (TPSA) is 19.0 Å². The minimum Gasteiger partial charge on any atom is -0.365 e. The maximum atomic E-state index is 5.94. The van der Waals surface area contributed by atoms with Crippen LogP contribution >= 0.6 is 12.6 Å². The fourth-order valence-electron chi connectivity index (χ4n) is 2.59. The first-order chi connectivity index (χ1) is 10.0. The average Bonchev–Trinajstić information content (AvgIpc) is 2.28. The lowest BCUT2D eigenvalue weighted by molar-refractivity contribution is -0.0239. The van der Waals surface area contributed by atoms with Gasteiger partial charge in [0.1, 0.15) is 4.93 Å². The lowest BCUT2D eigenvalue weighted by Gasteiger charge is -2.51. The van der Waals surface area contributed by atoms with Crippen LogP contribution in [0, 0.1) is 0 Å². The first-order valence-electron chi connectivity index (χ1n) is 8.47. The van der Waals surface area contributed by atoms with Gasteiger partial charge < -0.3 is 14.5 Å². The van der Waals surface area contributed by atoms with Gasteiger partial charge in [0.25, 0.3) is 0 Å². The van der Waals surface area contributed by atoms with E-state index in [0.29, 0.717) is 11.6 Å². The van der Waals surface area contributed by atoms with Crippen molar-refractivity contribution in [2.75, 3.05) is 53.9 Å². The van der Waals surface area contributed by atoms with Crippen molar-refractivity contribution >= 4 is 12.6 Å². The Morgan fingerprint density at radius 2 is 1.68 bits per heavy atom. The molecule has 0 aliphatic carbocycles. The molecule has 0 N–H and O–H groups in total. The van der Waals surface area contributed by atoms with E-state index in [4.69, 9.17) is 17.4 Å². The molecule has 22 heavy (non-hydrogen) atoms. The third-order valence-corrected chi connectivity index (χ3v) is 4.88. The Bertz CT molecular complexity index is 322. The van der Waals surface area contributed by atoms with Crippen molar-refractivity contribution in [3.05, 3.63) is 0 Å². The smallest absolute Gasteiger partial charge is 0.109 e. The molecule has 1 unspecified atom stereocenters. The molecule has 0 aromatic rings. The van der Waals surface area contributed by atoms with Crippen LogP contribution in [0.1, 0.15) is 40.5 Å². The SMILES string of the molecule is CN(C)CCCOC(C)(S)CCN(C)C1CN(C(C)(C)C)C1. The predicted octanol–water partition coefficient (Wildman–Crippen LogP) is 2.41. The molecule has 0 spiro atoms. The van der Waals surface area contributed by atoms with E-state index < -0.39 is 0 Å². The van der Waals surface area contributed by atoms with Crippen LogP contribution in [0.25, 0.3) is 0 Å². The summed E-state index contributed by atoms with van der Waals surface area (Å²) in [6.07, 6.45) is 2.02. The van der Waals surface area contributed by atoms with E-state index in [0.717, 1.165) is 32.5 Å². The number of likely N-dealkylation sites (N-methyl/N-ethyl adjacent to an activating group) is 1. The molecule has 0 saturated carbocycles. The zero-order valence-corrected chi connectivity index (χ0v) is 16.6. The van der Waals surface area contributed by atoms with E-state index in [9.17, 15) is 0 Å². The minimum absolute atomic E-state index is 0.297. The van der Waals surface area contributed by atoms with E-state index in [1.54, 1.807) is 0 Å². The summed E-state index contributed by atoms with van der Waals surface area (Å²) in [4.78, 5) is 6.85. The molecule has 1 aliphatic rings. The molecule has 5 heteroatoms. The molecular weight excluding hydrogens is 294 g/mol. The number of hydrogen-bond acceptors (Lipinski definition) is 5. The fourth-order valence-corrected chi connectivity index (χ4v) is 2.78. The first-order valence-corrected chi connectivity index (χ1v) is 8.92. The zero-order chi connectivity index (χ0) is 17.0. The second-order valence-corrected chi connectivity index (χ2v) is 9.09. The molecular formula is C17H37N3OS. The van der Waals surface area contributed by atoms with Crippen LogP contribution in [0.4, 0.5) is 0 Å². The summed E-state index contributed by atoms with van der Waals surface area (Å²) in [5.41, 5.74) is 0.297. The van der Waals surface area contributed by atoms with Gasteiger partial charge in [0.05, 0.1) is 0 Å². The van der Waals surface area contributed by atoms with Crippen LogP contribution in [-0.2, 0) is 4.74 Å². The van der Waals surface area contributed by atoms with Gasteiger partial charge in [0.15, 0.2) is 0 Å². The largest absolute Gasteiger partial charge is 0.365 e. The van der Waals surface area contributed by atoms with E-state index >= 15 is 0 Å². The summed E-state index contributed by atoms with van der Waals surface area (Å²) in [6.45, 7) is 14.2. The summed E-state index contributed by atoms with van der Waals surface area (Å²) in [7, 11) is 6.41. The molecule has 132 valence electrons. The molecule has 1 heterocycles. The van der Waals surface area contributed by atoms with Crippen molar-refractivity contribution in [1.29, 1.82) is 0 Å². The molecule has 1 rings (SSSR count). The Hall–Kier alpha value is 0.190. The summed E-state index contributed by atoms with van der Waals surface area (Å²) >= 11 is 4.69. The van der Waals surface area contributed by atoms with Crippen LogP contribution in [0.5, 0.6) is 0 Å². The fraction of sp³-hybridized carbons (Fsp3) is 1.00. The molecule has 1 saturated heterocycles. The van der Waals surface area contributed by atoms with Gasteiger partial charge in [0, 0.05) is 37.8 Å². The van der Waals surface area contributed by atoms with Gasteiger partial charge in [-0.2, -0.15) is 0 Å². The lowest BCUT2D eigenvalue weighted by Crippen LogP contribution is -2.64. The van der Waals surface area contributed by atoms with Gasteiger partial charge in [-0.1, -0.05) is 0 Å². The van der Waals surface area contributed by atoms with Crippen molar-refractivity contribution in [2.24, 2.45) is 0 Å². The van der Waals surface area contributed by atoms with Gasteiger partial charge in [-0.15, -0.1) is 12.6 Å². The number of ether oxygens (including phenoxy) is 1. The van der Waals surface area contributed by atoms with Crippen molar-refractivity contribution in [1.82, 2.24) is 14.7 Å². The van der Waals surface area contributed by atoms with Gasteiger partial charge in [-0.25, -0.2) is 0 Å². The van der Waals surface area contributed by atoms with Crippen LogP contribution in [0.15, 0.2) is 0 Å². The van der Waals surface area contributed by atoms with Crippen LogP contribution < -0.4 is 0 Å². The van der Waals surface area contributed by atoms with E-state index in [-0.39, 0.29) is 4.93 Å². The zero-order valence-electron chi connectivity index (χ0n) is 15.7. The summed E-state index contributed by atoms with van der Waals surface area (Å²) in [5, 5.41) is 0. The Morgan fingerprint density at radius 3 is 2.18 bits per heavy atom. The molecule has 0 bridgehead atoms. The van der Waals surface area contributed by atoms with Crippen LogP contribution in [0.2, 0.25) is 0 Å². The Kier molecular flexibility index (Phi) is 7.67. The van der Waals surface area contributed by atoms with Crippen LogP contribution in [-0.4, -0.2) is 85.1 Å². The number of likely N-dealkylation sites (tertiary alicyclic amines) is 1. The number of thiol groups is 1. The highest BCUT2D eigenvalue weighted by Gasteiger charge is 2.36. The van der Waals surface area contributed by atoms with E-state index in [1.807, 2.05) is 0 Å². The van der Waals surface area contributed by atoms with Gasteiger partial charge in [0.2, 0.25) is 0 Å². The molecule has 0 aromatic heterocycles. The minimum atomic E-state index is -0.325. The quantitative estimate of drug-likeness (QED) is 0.397. The summed E-state index contributed by atoms with van der Waals surface area (Å²) < 4.78 is 5.94. The van der Waals surface area contributed by atoms with Crippen molar-refractivity contribution < 1.29 is 4.74 Å². The van der Waals surface area contributed by atoms with E-state index in [2.05, 4.69) is 63.5 Å². The Morgan fingerprint density at radius 1 is 1.09 bits per heavy atom. The maximum absolute atomic E-state index is 5.94. The highest BCUT2D eigenvalue weighted by molar-refractivity contribution is 7.81. The molecule has 0 radical (unpaired) electrons. The second kappa shape index (κ2) is 8.34. The highest BCUT2D eigenvalue weighted by Crippen LogP contribution is 2.26. The number of hydrogen-bond donors (Lipinski definition) is 1. The normalized spacial score (nSPS) is 20.5. The lowest BCUT2D eigenvalue weighted by atomic mass is 9.97. The Balaban J connectivity index is 2.19. The maximum Gasteiger partial charge on any atom is 0.109 e. The van der Waals surface area contributed by atoms with E-state index in [1.165, 1.54) is 13.1 Å². The number of nitrogens with zero attached hydrogens (tertiary/aromatic N) is 3. The molecule has 1 aliphatic heterocycles. The van der Waals surface area contributed by atoms with Crippen molar-refractivity contribution in [3.8, 4) is 0 Å². The Labute approximate surface area is 143 Å². The third-order valence-electron chi connectivity index (χ3n) is 4.53. The standard InChI is InChI=1S/C17H37N3OS/c1-16(2,3)20-13-15(14-20)19(7)11-9-17(4,22)21-12-8-10-18(5)6/h15,22H,8-14H2,1-7H3. The summed E-state index contributed by atoms with van der Waals surface area (Å²) in [6, 6.07) is 0.678. The highest BCUT2D eigenvalue weighted by atomic mass is 32.1. The van der Waals surface area contributed by atoms with Crippen molar-refractivity contribution in [3.63, 3.8) is 0 Å². The summed E-state index contributed by atoms with van der Waals surface area (Å²) in [5.74, 6) is 0. The molecule has 1 atom stereocenters. The van der Waals surface area contributed by atoms with Gasteiger partial charge in [-0.3, -0.25) is 4.90 Å². The monoisotopic (exact) mass is 331 g/mol. The van der Waals surface area contributed by atoms with Gasteiger partial charge in [-0.05, 0) is 68.2 Å². The average molecular weight is 332 g/mol. The molecule has 4 nitrogen and oxygen atoms in total. The number of rotatable bonds is 9. The molecule has 0 amide bonds. The molecule has 1 fully saturated rings. The van der Waals surface area contributed by atoms with Crippen molar-refractivity contribution in [2.45, 2.75) is 57.1 Å². The van der Waals surface area contributed by atoms with Crippen LogP contribution in [0.3, 0.4) is 0 Å². The third kappa shape index (κ3) is 7.18. The second-order valence-electron chi connectivity index (χ2n) is 8.14. The predicted molar refractivity (Wildman–Crippen MR) is 98.9 cm³/mol. The molecule has 0 aromatic carbocycles. The first kappa shape index (κ1) is 20.2. The van der Waals surface area contributed by atoms with Gasteiger partial charge >= 0.3 is 0 Å².